The third-order valence-corrected chi connectivity index (χ3v) is 3.90. The van der Waals surface area contributed by atoms with Gasteiger partial charge in [-0.25, -0.2) is 0 Å². The van der Waals surface area contributed by atoms with Gasteiger partial charge in [-0.3, -0.25) is 0 Å². The molecule has 1 N–H and O–H groups in total. The summed E-state index contributed by atoms with van der Waals surface area (Å²) in [4.78, 5) is 1.41. The van der Waals surface area contributed by atoms with Crippen molar-refractivity contribution in [1.82, 2.24) is 0 Å². The van der Waals surface area contributed by atoms with E-state index in [4.69, 9.17) is 5.11 Å². The van der Waals surface area contributed by atoms with Gasteiger partial charge in [-0.1, -0.05) is 30.5 Å². The Labute approximate surface area is 103 Å². The first kappa shape index (κ1) is 13.6. The number of hydrogen-bond acceptors (Lipinski definition) is 2. The van der Waals surface area contributed by atoms with Crippen molar-refractivity contribution in [2.75, 3.05) is 12.4 Å². The molecule has 2 heteroatoms. The summed E-state index contributed by atoms with van der Waals surface area (Å²) in [5.41, 5.74) is 2.73. The van der Waals surface area contributed by atoms with Crippen molar-refractivity contribution in [3.05, 3.63) is 29.3 Å². The summed E-state index contributed by atoms with van der Waals surface area (Å²) in [6.07, 6.45) is 4.59. The molecule has 0 fully saturated rings. The van der Waals surface area contributed by atoms with Crippen LogP contribution in [-0.2, 0) is 0 Å². The molecule has 0 bridgehead atoms. The van der Waals surface area contributed by atoms with Crippen LogP contribution < -0.4 is 0 Å². The van der Waals surface area contributed by atoms with Crippen molar-refractivity contribution in [1.29, 1.82) is 0 Å². The maximum Gasteiger partial charge on any atom is 0.0431 e. The second kappa shape index (κ2) is 7.75. The topological polar surface area (TPSA) is 20.2 Å². The molecule has 0 amide bonds. The Balaban J connectivity index is 2.21. The maximum absolute atomic E-state index is 8.66. The summed E-state index contributed by atoms with van der Waals surface area (Å²) in [7, 11) is 0. The first-order valence-electron chi connectivity index (χ1n) is 6.05. The van der Waals surface area contributed by atoms with Crippen molar-refractivity contribution in [2.24, 2.45) is 0 Å². The molecule has 90 valence electrons. The van der Waals surface area contributed by atoms with Crippen molar-refractivity contribution in [2.45, 2.75) is 44.4 Å². The molecular formula is C14H22OS. The van der Waals surface area contributed by atoms with Crippen LogP contribution >= 0.6 is 11.8 Å². The first-order valence-corrected chi connectivity index (χ1v) is 7.03. The van der Waals surface area contributed by atoms with Gasteiger partial charge in [-0.2, -0.15) is 0 Å². The largest absolute Gasteiger partial charge is 0.396 e. The second-order valence-corrected chi connectivity index (χ2v) is 5.39. The molecule has 0 atom stereocenters. The monoisotopic (exact) mass is 238 g/mol. The third kappa shape index (κ3) is 5.04. The SMILES string of the molecule is Cc1ccc(SCCCCCCO)c(C)c1. The fraction of sp³-hybridized carbons (Fsp3) is 0.571. The standard InChI is InChI=1S/C14H22OS/c1-12-7-8-14(13(2)11-12)16-10-6-4-3-5-9-15/h7-8,11,15H,3-6,9-10H2,1-2H3. The number of thioether (sulfide) groups is 1. The highest BCUT2D eigenvalue weighted by atomic mass is 32.2. The van der Waals surface area contributed by atoms with Gasteiger partial charge < -0.3 is 5.11 Å². The minimum Gasteiger partial charge on any atom is -0.396 e. The first-order chi connectivity index (χ1) is 7.74. The molecule has 1 nitrogen and oxygen atoms in total. The van der Waals surface area contributed by atoms with Crippen molar-refractivity contribution in [3.8, 4) is 0 Å². The van der Waals surface area contributed by atoms with Gasteiger partial charge in [-0.05, 0) is 44.1 Å². The van der Waals surface area contributed by atoms with E-state index in [1.807, 2.05) is 11.8 Å². The van der Waals surface area contributed by atoms with Crippen LogP contribution in [-0.4, -0.2) is 17.5 Å². The van der Waals surface area contributed by atoms with E-state index in [1.54, 1.807) is 0 Å². The van der Waals surface area contributed by atoms with Crippen molar-refractivity contribution >= 4 is 11.8 Å². The van der Waals surface area contributed by atoms with Gasteiger partial charge in [-0.15, -0.1) is 11.8 Å². The molecule has 0 aromatic heterocycles. The summed E-state index contributed by atoms with van der Waals surface area (Å²) < 4.78 is 0. The third-order valence-electron chi connectivity index (χ3n) is 2.64. The zero-order valence-corrected chi connectivity index (χ0v) is 11.1. The number of aliphatic hydroxyl groups is 1. The average Bonchev–Trinajstić information content (AvgIpc) is 2.26. The predicted octanol–water partition coefficient (Wildman–Crippen LogP) is 3.95. The molecule has 1 aromatic carbocycles. The highest BCUT2D eigenvalue weighted by Gasteiger charge is 1.99. The zero-order chi connectivity index (χ0) is 11.8. The molecule has 0 saturated carbocycles. The summed E-state index contributed by atoms with van der Waals surface area (Å²) in [6, 6.07) is 6.65. The predicted molar refractivity (Wildman–Crippen MR) is 72.2 cm³/mol. The van der Waals surface area contributed by atoms with Gasteiger partial charge in [0.15, 0.2) is 0 Å². The lowest BCUT2D eigenvalue weighted by Crippen LogP contribution is -1.87. The van der Waals surface area contributed by atoms with Crippen LogP contribution in [0.5, 0.6) is 0 Å². The second-order valence-electron chi connectivity index (χ2n) is 4.26. The highest BCUT2D eigenvalue weighted by molar-refractivity contribution is 7.99. The van der Waals surface area contributed by atoms with E-state index < -0.39 is 0 Å². The molecule has 0 aliphatic carbocycles. The summed E-state index contributed by atoms with van der Waals surface area (Å²) in [5.74, 6) is 1.19. The molecule has 0 saturated heterocycles. The number of aliphatic hydroxyl groups excluding tert-OH is 1. The number of rotatable bonds is 7. The Kier molecular flexibility index (Phi) is 6.58. The molecule has 0 heterocycles. The quantitative estimate of drug-likeness (QED) is 0.573. The van der Waals surface area contributed by atoms with Gasteiger partial charge in [0.05, 0.1) is 0 Å². The van der Waals surface area contributed by atoms with Gasteiger partial charge in [0.2, 0.25) is 0 Å². The zero-order valence-electron chi connectivity index (χ0n) is 10.3. The van der Waals surface area contributed by atoms with E-state index in [2.05, 4.69) is 32.0 Å². The number of benzene rings is 1. The van der Waals surface area contributed by atoms with Gasteiger partial charge >= 0.3 is 0 Å². The van der Waals surface area contributed by atoms with Crippen LogP contribution in [0.4, 0.5) is 0 Å². The molecule has 1 aromatic rings. The van der Waals surface area contributed by atoms with Crippen LogP contribution in [0.2, 0.25) is 0 Å². The number of unbranched alkanes of at least 4 members (excludes halogenated alkanes) is 3. The summed E-state index contributed by atoms with van der Waals surface area (Å²) in [6.45, 7) is 4.65. The van der Waals surface area contributed by atoms with E-state index in [0.717, 1.165) is 12.8 Å². The summed E-state index contributed by atoms with van der Waals surface area (Å²) in [5, 5.41) is 8.66. The van der Waals surface area contributed by atoms with Crippen LogP contribution in [0.25, 0.3) is 0 Å². The minimum absolute atomic E-state index is 0.338. The van der Waals surface area contributed by atoms with Crippen LogP contribution in [0.15, 0.2) is 23.1 Å². The van der Waals surface area contributed by atoms with E-state index in [1.165, 1.54) is 34.6 Å². The Morgan fingerprint density at radius 1 is 1.06 bits per heavy atom. The van der Waals surface area contributed by atoms with Gasteiger partial charge in [0.25, 0.3) is 0 Å². The maximum atomic E-state index is 8.66. The molecular weight excluding hydrogens is 216 g/mol. The van der Waals surface area contributed by atoms with Gasteiger partial charge in [0.1, 0.15) is 0 Å². The number of aryl methyl sites for hydroxylation is 2. The molecule has 1 rings (SSSR count). The van der Waals surface area contributed by atoms with Crippen molar-refractivity contribution < 1.29 is 5.11 Å². The van der Waals surface area contributed by atoms with Crippen LogP contribution in [0, 0.1) is 13.8 Å². The molecule has 16 heavy (non-hydrogen) atoms. The lowest BCUT2D eigenvalue weighted by Gasteiger charge is -2.06. The Morgan fingerprint density at radius 3 is 2.50 bits per heavy atom. The number of hydrogen-bond donors (Lipinski definition) is 1. The molecule has 0 spiro atoms. The molecule has 0 unspecified atom stereocenters. The normalized spacial score (nSPS) is 10.7. The lowest BCUT2D eigenvalue weighted by molar-refractivity contribution is 0.283. The Hall–Kier alpha value is -0.470. The summed E-state index contributed by atoms with van der Waals surface area (Å²) >= 11 is 1.95. The average molecular weight is 238 g/mol. The van der Waals surface area contributed by atoms with E-state index in [9.17, 15) is 0 Å². The van der Waals surface area contributed by atoms with E-state index >= 15 is 0 Å². The highest BCUT2D eigenvalue weighted by Crippen LogP contribution is 2.24. The van der Waals surface area contributed by atoms with Crippen LogP contribution in [0.1, 0.15) is 36.8 Å². The smallest absolute Gasteiger partial charge is 0.0431 e. The van der Waals surface area contributed by atoms with E-state index in [0.29, 0.717) is 6.61 Å². The lowest BCUT2D eigenvalue weighted by atomic mass is 10.2. The Morgan fingerprint density at radius 2 is 1.81 bits per heavy atom. The Bertz CT molecular complexity index is 310. The van der Waals surface area contributed by atoms with Crippen LogP contribution in [0.3, 0.4) is 0 Å². The molecule has 0 aliphatic rings. The van der Waals surface area contributed by atoms with Crippen molar-refractivity contribution in [3.63, 3.8) is 0 Å². The minimum atomic E-state index is 0.338. The molecule has 0 radical (unpaired) electrons. The van der Waals surface area contributed by atoms with Gasteiger partial charge in [0, 0.05) is 11.5 Å². The van der Waals surface area contributed by atoms with E-state index in [-0.39, 0.29) is 0 Å². The fourth-order valence-corrected chi connectivity index (χ4v) is 2.73. The molecule has 0 aliphatic heterocycles. The fourth-order valence-electron chi connectivity index (χ4n) is 1.71.